The van der Waals surface area contributed by atoms with E-state index in [1.807, 2.05) is 6.92 Å². The molecule has 0 aromatic carbocycles. The summed E-state index contributed by atoms with van der Waals surface area (Å²) in [7, 11) is 0. The van der Waals surface area contributed by atoms with Crippen molar-refractivity contribution in [2.75, 3.05) is 13.2 Å². The Bertz CT molecular complexity index is 267. The van der Waals surface area contributed by atoms with Crippen molar-refractivity contribution in [2.45, 2.75) is 83.6 Å². The molecule has 0 bridgehead atoms. The first-order valence-corrected chi connectivity index (χ1v) is 20.3. The van der Waals surface area contributed by atoms with Gasteiger partial charge in [0.2, 0.25) is 0 Å². The van der Waals surface area contributed by atoms with Crippen LogP contribution in [0.25, 0.3) is 0 Å². The quantitative estimate of drug-likeness (QED) is 0.0534. The zero-order valence-corrected chi connectivity index (χ0v) is 21.6. The van der Waals surface area contributed by atoms with Crippen molar-refractivity contribution >= 4 is 66.0 Å². The summed E-state index contributed by atoms with van der Waals surface area (Å²) in [6.07, 6.45) is 15.4. The summed E-state index contributed by atoms with van der Waals surface area (Å²) in [4.78, 5) is 0. The maximum Gasteiger partial charge on any atom is 0.253 e. The average Bonchev–Trinajstić information content (AvgIpc) is 2.41. The SMILES string of the molecule is C=C(C)COCCCCCCCCCCCCC[Si](I)(I)I. The van der Waals surface area contributed by atoms with E-state index in [0.717, 1.165) is 18.8 Å². The van der Waals surface area contributed by atoms with Crippen LogP contribution in [0.15, 0.2) is 12.2 Å². The fourth-order valence-electron chi connectivity index (χ4n) is 2.37. The van der Waals surface area contributed by atoms with Crippen molar-refractivity contribution < 1.29 is 4.74 Å². The summed E-state index contributed by atoms with van der Waals surface area (Å²) in [5, 5.41) is 0. The average molecular weight is 662 g/mol. The van der Waals surface area contributed by atoms with Gasteiger partial charge in [0.15, 0.2) is 0 Å². The van der Waals surface area contributed by atoms with Crippen molar-refractivity contribution in [1.29, 1.82) is 0 Å². The lowest BCUT2D eigenvalue weighted by molar-refractivity contribution is 0.151. The number of ether oxygens (including phenoxy) is 1. The third kappa shape index (κ3) is 22.1. The van der Waals surface area contributed by atoms with Crippen molar-refractivity contribution in [2.24, 2.45) is 0 Å². The third-order valence-electron chi connectivity index (χ3n) is 3.60. The Morgan fingerprint density at radius 1 is 0.773 bits per heavy atom. The van der Waals surface area contributed by atoms with E-state index in [2.05, 4.69) is 72.0 Å². The molecule has 22 heavy (non-hydrogen) atoms. The van der Waals surface area contributed by atoms with Gasteiger partial charge >= 0.3 is 0 Å². The van der Waals surface area contributed by atoms with Gasteiger partial charge in [-0.3, -0.25) is 0 Å². The zero-order valence-electron chi connectivity index (χ0n) is 14.1. The standard InChI is InChI=1S/C17H33I3OSi/c1-17(2)16-21-14-12-10-8-6-4-3-5-7-9-11-13-15-22(18,19)20/h1,3-16H2,2H3. The van der Waals surface area contributed by atoms with Gasteiger partial charge in [0.25, 0.3) is 0.564 Å². The predicted molar refractivity (Wildman–Crippen MR) is 129 cm³/mol. The highest BCUT2D eigenvalue weighted by atomic mass is 127. The summed E-state index contributed by atoms with van der Waals surface area (Å²) < 4.78 is 4.64. The molecule has 0 radical (unpaired) electrons. The van der Waals surface area contributed by atoms with Gasteiger partial charge < -0.3 is 4.74 Å². The molecule has 0 aromatic rings. The van der Waals surface area contributed by atoms with E-state index in [-0.39, 0.29) is 0 Å². The molecule has 5 heteroatoms. The summed E-state index contributed by atoms with van der Waals surface area (Å²) >= 11 is 8.03. The molecule has 0 fully saturated rings. The smallest absolute Gasteiger partial charge is 0.253 e. The van der Waals surface area contributed by atoms with Crippen LogP contribution in [0.5, 0.6) is 0 Å². The van der Waals surface area contributed by atoms with Gasteiger partial charge in [-0.25, -0.2) is 0 Å². The Labute approximate surface area is 177 Å². The number of hydrogen-bond acceptors (Lipinski definition) is 1. The van der Waals surface area contributed by atoms with E-state index < -0.39 is 0.564 Å². The molecule has 0 aliphatic carbocycles. The molecular formula is C17H33I3OSi. The molecule has 0 rings (SSSR count). The van der Waals surface area contributed by atoms with Gasteiger partial charge in [-0.05, 0) is 19.4 Å². The minimum Gasteiger partial charge on any atom is -0.377 e. The molecule has 1 nitrogen and oxygen atoms in total. The highest BCUT2D eigenvalue weighted by molar-refractivity contribution is 14.4. The molecule has 0 N–H and O–H groups in total. The van der Waals surface area contributed by atoms with Crippen LogP contribution in [-0.4, -0.2) is 13.8 Å². The fraction of sp³-hybridized carbons (Fsp3) is 0.882. The van der Waals surface area contributed by atoms with E-state index >= 15 is 0 Å². The minimum atomic E-state index is -0.869. The first-order chi connectivity index (χ1) is 10.4. The number of halogens is 3. The van der Waals surface area contributed by atoms with Gasteiger partial charge in [-0.2, -0.15) is 0 Å². The lowest BCUT2D eigenvalue weighted by atomic mass is 10.1. The van der Waals surface area contributed by atoms with E-state index in [9.17, 15) is 0 Å². The fourth-order valence-corrected chi connectivity index (χ4v) is 6.45. The van der Waals surface area contributed by atoms with Crippen LogP contribution in [0, 0.1) is 0 Å². The Kier molecular flexibility index (Phi) is 18.2. The molecule has 0 amide bonds. The predicted octanol–water partition coefficient (Wildman–Crippen LogP) is 8.11. The second-order valence-electron chi connectivity index (χ2n) is 6.26. The topological polar surface area (TPSA) is 9.23 Å². The van der Waals surface area contributed by atoms with Crippen molar-refractivity contribution in [3.8, 4) is 0 Å². The van der Waals surface area contributed by atoms with Crippen LogP contribution in [0.1, 0.15) is 77.6 Å². The van der Waals surface area contributed by atoms with Gasteiger partial charge in [0, 0.05) is 6.61 Å². The first kappa shape index (κ1) is 24.1. The number of rotatable bonds is 16. The normalized spacial score (nSPS) is 11.8. The summed E-state index contributed by atoms with van der Waals surface area (Å²) in [5.74, 6) is 0. The zero-order chi connectivity index (χ0) is 16.7. The van der Waals surface area contributed by atoms with Crippen LogP contribution in [0.2, 0.25) is 6.04 Å². The van der Waals surface area contributed by atoms with Gasteiger partial charge in [0.1, 0.15) is 0 Å². The lowest BCUT2D eigenvalue weighted by Crippen LogP contribution is -2.03. The molecule has 0 aromatic heterocycles. The third-order valence-corrected chi connectivity index (χ3v) is 9.37. The Morgan fingerprint density at radius 2 is 1.18 bits per heavy atom. The van der Waals surface area contributed by atoms with E-state index in [4.69, 9.17) is 4.74 Å². The molecule has 0 aliphatic heterocycles. The first-order valence-electron chi connectivity index (χ1n) is 8.70. The summed E-state index contributed by atoms with van der Waals surface area (Å²) in [6, 6.07) is 1.48. The molecule has 0 atom stereocenters. The van der Waals surface area contributed by atoms with E-state index in [1.54, 1.807) is 0 Å². The molecule has 0 saturated heterocycles. The Balaban J connectivity index is 3.04. The maximum atomic E-state index is 5.51. The van der Waals surface area contributed by atoms with Gasteiger partial charge in [-0.15, -0.1) is 0 Å². The summed E-state index contributed by atoms with van der Waals surface area (Å²) in [5.41, 5.74) is 1.12. The Morgan fingerprint density at radius 3 is 1.59 bits per heavy atom. The second-order valence-corrected chi connectivity index (χ2v) is 43.1. The monoisotopic (exact) mass is 662 g/mol. The maximum absolute atomic E-state index is 5.51. The second kappa shape index (κ2) is 16.6. The van der Waals surface area contributed by atoms with Crippen molar-refractivity contribution in [3.63, 3.8) is 0 Å². The molecule has 0 aliphatic rings. The molecule has 0 heterocycles. The van der Waals surface area contributed by atoms with Crippen molar-refractivity contribution in [3.05, 3.63) is 12.2 Å². The largest absolute Gasteiger partial charge is 0.377 e. The molecule has 0 unspecified atom stereocenters. The van der Waals surface area contributed by atoms with Crippen LogP contribution < -0.4 is 0 Å². The minimum absolute atomic E-state index is 0.733. The van der Waals surface area contributed by atoms with Crippen molar-refractivity contribution in [1.82, 2.24) is 0 Å². The molecular weight excluding hydrogens is 629 g/mol. The highest BCUT2D eigenvalue weighted by Gasteiger charge is 2.19. The molecule has 132 valence electrons. The van der Waals surface area contributed by atoms with Crippen LogP contribution in [0.4, 0.5) is 0 Å². The van der Waals surface area contributed by atoms with Gasteiger partial charge in [0.05, 0.1) is 6.61 Å². The van der Waals surface area contributed by atoms with Crippen LogP contribution >= 0.6 is 65.4 Å². The lowest BCUT2D eigenvalue weighted by Gasteiger charge is -2.08. The van der Waals surface area contributed by atoms with E-state index in [0.29, 0.717) is 0 Å². The molecule has 0 spiro atoms. The highest BCUT2D eigenvalue weighted by Crippen LogP contribution is 2.35. The van der Waals surface area contributed by atoms with Crippen LogP contribution in [-0.2, 0) is 4.74 Å². The van der Waals surface area contributed by atoms with Crippen LogP contribution in [0.3, 0.4) is 0 Å². The van der Waals surface area contributed by atoms with E-state index in [1.165, 1.54) is 76.7 Å². The summed E-state index contributed by atoms with van der Waals surface area (Å²) in [6.45, 7) is 7.50. The molecule has 0 saturated carbocycles. The number of hydrogen-bond donors (Lipinski definition) is 0. The van der Waals surface area contributed by atoms with Gasteiger partial charge in [-0.1, -0.05) is 142 Å². The Hall–Kier alpha value is 2.11. The number of unbranched alkanes of at least 4 members (excludes halogenated alkanes) is 10.